The number of benzene rings is 2. The van der Waals surface area contributed by atoms with E-state index in [4.69, 9.17) is 17.3 Å². The first-order valence-electron chi connectivity index (χ1n) is 11.5. The number of amides is 1. The van der Waals surface area contributed by atoms with Crippen molar-refractivity contribution in [2.45, 2.75) is 44.1 Å². The number of nitrogens with two attached hydrogens (primary N) is 1. The summed E-state index contributed by atoms with van der Waals surface area (Å²) in [5.41, 5.74) is 8.98. The molecule has 178 valence electrons. The number of carbonyl (C=O) groups excluding carboxylic acids is 1. The quantitative estimate of drug-likeness (QED) is 0.479. The molecule has 2 saturated carbocycles. The Morgan fingerprint density at radius 3 is 2.56 bits per heavy atom. The number of nitrogens with one attached hydrogen (secondary N) is 1. The minimum atomic E-state index is -0.809. The summed E-state index contributed by atoms with van der Waals surface area (Å²) in [7, 11) is 1.72. The smallest absolute Gasteiger partial charge is 0.261 e. The fourth-order valence-electron chi connectivity index (χ4n) is 6.05. The molecule has 34 heavy (non-hydrogen) atoms. The van der Waals surface area contributed by atoms with Gasteiger partial charge in [0.25, 0.3) is 5.91 Å². The molecule has 8 heteroatoms. The molecule has 0 spiro atoms. The number of rotatable bonds is 4. The highest BCUT2D eigenvalue weighted by atomic mass is 35.5. The molecular weight excluding hydrogens is 455 g/mol. The summed E-state index contributed by atoms with van der Waals surface area (Å²) in [5, 5.41) is 18.8. The van der Waals surface area contributed by atoms with Crippen molar-refractivity contribution < 1.29 is 14.3 Å². The molecule has 1 amide bonds. The summed E-state index contributed by atoms with van der Waals surface area (Å²) in [6.45, 7) is 2.04. The zero-order valence-electron chi connectivity index (χ0n) is 19.2. The minimum Gasteiger partial charge on any atom is -0.385 e. The molecule has 0 radical (unpaired) electrons. The Labute approximate surface area is 202 Å². The molecule has 2 aromatic carbocycles. The van der Waals surface area contributed by atoms with Gasteiger partial charge in [0.15, 0.2) is 0 Å². The van der Waals surface area contributed by atoms with Crippen LogP contribution in [-0.2, 0) is 12.6 Å². The topological polar surface area (TPSA) is 93.2 Å². The van der Waals surface area contributed by atoms with Gasteiger partial charge in [0.1, 0.15) is 17.2 Å². The lowest BCUT2D eigenvalue weighted by atomic mass is 9.85. The number of aryl methyl sites for hydroxylation is 2. The number of carbonyl (C=O) groups is 1. The first-order chi connectivity index (χ1) is 16.2. The molecule has 2 aliphatic carbocycles. The van der Waals surface area contributed by atoms with Crippen LogP contribution in [0.2, 0.25) is 5.02 Å². The van der Waals surface area contributed by atoms with Crippen LogP contribution in [0, 0.1) is 24.6 Å². The van der Waals surface area contributed by atoms with Gasteiger partial charge in [-0.3, -0.25) is 9.48 Å². The van der Waals surface area contributed by atoms with E-state index in [1.807, 2.05) is 31.2 Å². The largest absolute Gasteiger partial charge is 0.385 e. The number of nitrogen functional groups attached to an aromatic ring is 1. The Bertz CT molecular complexity index is 1260. The molecule has 2 unspecified atom stereocenters. The summed E-state index contributed by atoms with van der Waals surface area (Å²) in [6.07, 6.45) is 3.10. The lowest BCUT2D eigenvalue weighted by Crippen LogP contribution is -2.24. The third kappa shape index (κ3) is 3.87. The fraction of sp³-hybridized carbons (Fsp3) is 0.385. The molecule has 6 nitrogen and oxygen atoms in total. The maximum Gasteiger partial charge on any atom is 0.261 e. The fourth-order valence-corrected chi connectivity index (χ4v) is 6.23. The van der Waals surface area contributed by atoms with Crippen molar-refractivity contribution in [1.82, 2.24) is 9.78 Å². The van der Waals surface area contributed by atoms with Gasteiger partial charge in [0.05, 0.1) is 16.3 Å². The van der Waals surface area contributed by atoms with Crippen molar-refractivity contribution in [2.75, 3.05) is 11.1 Å². The van der Waals surface area contributed by atoms with E-state index < -0.39 is 17.3 Å². The number of halogens is 2. The van der Waals surface area contributed by atoms with Crippen LogP contribution in [-0.4, -0.2) is 20.8 Å². The van der Waals surface area contributed by atoms with Crippen LogP contribution in [0.4, 0.5) is 15.9 Å². The van der Waals surface area contributed by atoms with Crippen LogP contribution in [0.25, 0.3) is 0 Å². The zero-order chi connectivity index (χ0) is 24.2. The van der Waals surface area contributed by atoms with Gasteiger partial charge < -0.3 is 16.2 Å². The number of anilines is 2. The maximum atomic E-state index is 13.5. The van der Waals surface area contributed by atoms with Gasteiger partial charge in [0, 0.05) is 18.7 Å². The molecule has 5 rings (SSSR count). The molecule has 4 N–H and O–H groups in total. The van der Waals surface area contributed by atoms with Crippen LogP contribution >= 0.6 is 11.6 Å². The van der Waals surface area contributed by atoms with Crippen LogP contribution in [0.15, 0.2) is 42.5 Å². The normalized spacial score (nSPS) is 26.0. The highest BCUT2D eigenvalue weighted by Gasteiger charge is 2.51. The number of fused-ring (bicyclic) bond motifs is 1. The Kier molecular flexibility index (Phi) is 5.65. The molecular formula is C26H28ClFN4O2. The van der Waals surface area contributed by atoms with Crippen molar-refractivity contribution in [3.63, 3.8) is 0 Å². The van der Waals surface area contributed by atoms with E-state index in [1.165, 1.54) is 22.9 Å². The van der Waals surface area contributed by atoms with Gasteiger partial charge in [-0.25, -0.2) is 4.39 Å². The number of nitrogens with zero attached hydrogens (tertiary/aromatic N) is 2. The van der Waals surface area contributed by atoms with E-state index in [0.29, 0.717) is 41.6 Å². The van der Waals surface area contributed by atoms with E-state index in [1.54, 1.807) is 7.05 Å². The van der Waals surface area contributed by atoms with Crippen LogP contribution in [0.1, 0.15) is 58.8 Å². The minimum absolute atomic E-state index is 0.0676. The third-order valence-corrected chi connectivity index (χ3v) is 7.89. The average Bonchev–Trinajstić information content (AvgIpc) is 3.40. The predicted octanol–water partition coefficient (Wildman–Crippen LogP) is 5.15. The molecule has 2 atom stereocenters. The lowest BCUT2D eigenvalue weighted by Gasteiger charge is -2.27. The van der Waals surface area contributed by atoms with Gasteiger partial charge >= 0.3 is 0 Å². The number of hydrogen-bond acceptors (Lipinski definition) is 4. The molecule has 2 aliphatic rings. The zero-order valence-corrected chi connectivity index (χ0v) is 19.9. The molecule has 0 saturated heterocycles. The SMILES string of the molecule is Cc1ccccc1C1(O)CC2CC(c3nn(C)c(N)c3C(=O)Nc3ccc(F)c(Cl)c3)CC2C1. The van der Waals surface area contributed by atoms with Gasteiger partial charge in [-0.1, -0.05) is 35.9 Å². The van der Waals surface area contributed by atoms with E-state index in [-0.39, 0.29) is 16.8 Å². The Balaban J connectivity index is 1.36. The number of aliphatic hydroxyl groups is 1. The standard InChI is InChI=1S/C26H28ClFN4O2/c1-14-5-3-4-6-19(14)26(34)12-16-9-15(10-17(16)13-26)23-22(24(29)32(2)31-23)25(33)30-18-7-8-21(28)20(27)11-18/h3-8,11,15-17,34H,9-10,12-13,29H2,1-2H3,(H,30,33). The first kappa shape index (κ1) is 22.9. The Morgan fingerprint density at radius 1 is 1.24 bits per heavy atom. The monoisotopic (exact) mass is 482 g/mol. The van der Waals surface area contributed by atoms with Crippen LogP contribution in [0.3, 0.4) is 0 Å². The molecule has 0 bridgehead atoms. The molecule has 3 aromatic rings. The highest BCUT2D eigenvalue weighted by Crippen LogP contribution is 2.57. The first-order valence-corrected chi connectivity index (χ1v) is 11.9. The van der Waals surface area contributed by atoms with Gasteiger partial charge in [-0.05, 0) is 73.8 Å². The average molecular weight is 483 g/mol. The van der Waals surface area contributed by atoms with Crippen molar-refractivity contribution in [2.24, 2.45) is 18.9 Å². The van der Waals surface area contributed by atoms with Gasteiger partial charge in [-0.15, -0.1) is 0 Å². The van der Waals surface area contributed by atoms with Crippen LogP contribution < -0.4 is 11.1 Å². The van der Waals surface area contributed by atoms with Crippen LogP contribution in [0.5, 0.6) is 0 Å². The summed E-state index contributed by atoms with van der Waals surface area (Å²) >= 11 is 5.86. The second-order valence-corrected chi connectivity index (χ2v) is 10.2. The Morgan fingerprint density at radius 2 is 1.91 bits per heavy atom. The lowest BCUT2D eigenvalue weighted by molar-refractivity contribution is 0.0338. The van der Waals surface area contributed by atoms with E-state index in [9.17, 15) is 14.3 Å². The van der Waals surface area contributed by atoms with Crippen molar-refractivity contribution in [1.29, 1.82) is 0 Å². The summed E-state index contributed by atoms with van der Waals surface area (Å²) < 4.78 is 15.0. The van der Waals surface area contributed by atoms with E-state index in [0.717, 1.165) is 24.0 Å². The molecule has 1 aromatic heterocycles. The summed E-state index contributed by atoms with van der Waals surface area (Å²) in [6, 6.07) is 12.1. The number of hydrogen-bond donors (Lipinski definition) is 3. The Hall–Kier alpha value is -2.90. The second kappa shape index (κ2) is 8.40. The van der Waals surface area contributed by atoms with Gasteiger partial charge in [-0.2, -0.15) is 5.10 Å². The van der Waals surface area contributed by atoms with E-state index >= 15 is 0 Å². The highest BCUT2D eigenvalue weighted by molar-refractivity contribution is 6.31. The predicted molar refractivity (Wildman–Crippen MR) is 130 cm³/mol. The number of aromatic nitrogens is 2. The van der Waals surface area contributed by atoms with E-state index in [2.05, 4.69) is 10.4 Å². The molecule has 0 aliphatic heterocycles. The summed E-state index contributed by atoms with van der Waals surface area (Å²) in [5.74, 6) is 0.127. The third-order valence-electron chi connectivity index (χ3n) is 7.60. The van der Waals surface area contributed by atoms with Gasteiger partial charge in [0.2, 0.25) is 0 Å². The van der Waals surface area contributed by atoms with Crippen molar-refractivity contribution in [3.8, 4) is 0 Å². The summed E-state index contributed by atoms with van der Waals surface area (Å²) in [4.78, 5) is 13.2. The molecule has 1 heterocycles. The second-order valence-electron chi connectivity index (χ2n) is 9.80. The molecule has 2 fully saturated rings. The van der Waals surface area contributed by atoms with Crippen molar-refractivity contribution in [3.05, 3.63) is 75.7 Å². The maximum absolute atomic E-state index is 13.5. The van der Waals surface area contributed by atoms with Crippen molar-refractivity contribution >= 4 is 29.0 Å².